The van der Waals surface area contributed by atoms with Crippen molar-refractivity contribution in [3.8, 4) is 0 Å². The highest BCUT2D eigenvalue weighted by Crippen LogP contribution is 2.27. The lowest BCUT2D eigenvalue weighted by molar-refractivity contribution is 0.277. The molecular weight excluding hydrogens is 227 g/mol. The van der Waals surface area contributed by atoms with Crippen LogP contribution in [0.15, 0.2) is 18.2 Å². The lowest BCUT2D eigenvalue weighted by Gasteiger charge is -2.44. The molecule has 2 rings (SSSR count). The summed E-state index contributed by atoms with van der Waals surface area (Å²) in [5.41, 5.74) is 2.40. The lowest BCUT2D eigenvalue weighted by atomic mass is 9.90. The molecule has 0 aliphatic carbocycles. The molecule has 0 spiro atoms. The Morgan fingerprint density at radius 2 is 2.06 bits per heavy atom. The number of aryl methyl sites for hydroxylation is 1. The summed E-state index contributed by atoms with van der Waals surface area (Å²) in [4.78, 5) is 2.39. The summed E-state index contributed by atoms with van der Waals surface area (Å²) in [6.45, 7) is 9.45. The van der Waals surface area contributed by atoms with Crippen LogP contribution >= 0.6 is 0 Å². The predicted molar refractivity (Wildman–Crippen MR) is 74.7 cm³/mol. The van der Waals surface area contributed by atoms with E-state index in [1.165, 1.54) is 5.69 Å². The first kappa shape index (κ1) is 13.3. The van der Waals surface area contributed by atoms with Crippen molar-refractivity contribution < 1.29 is 4.39 Å². The summed E-state index contributed by atoms with van der Waals surface area (Å²) < 4.78 is 13.2. The van der Waals surface area contributed by atoms with Crippen LogP contribution in [0.1, 0.15) is 32.3 Å². The second-order valence-electron chi connectivity index (χ2n) is 5.27. The molecule has 1 aromatic carbocycles. The van der Waals surface area contributed by atoms with E-state index in [2.05, 4.69) is 24.1 Å². The van der Waals surface area contributed by atoms with Crippen LogP contribution in [0.2, 0.25) is 0 Å². The summed E-state index contributed by atoms with van der Waals surface area (Å²) in [6.07, 6.45) is 2.25. The van der Waals surface area contributed by atoms with Crippen molar-refractivity contribution in [2.75, 3.05) is 24.5 Å². The smallest absolute Gasteiger partial charge is 0.123 e. The second-order valence-corrected chi connectivity index (χ2v) is 5.27. The number of benzene rings is 1. The van der Waals surface area contributed by atoms with Gasteiger partial charge in [-0.1, -0.05) is 13.8 Å². The third-order valence-corrected chi connectivity index (χ3v) is 4.23. The van der Waals surface area contributed by atoms with E-state index in [0.717, 1.165) is 38.0 Å². The largest absolute Gasteiger partial charge is 0.368 e. The molecule has 1 saturated heterocycles. The Hall–Kier alpha value is -1.09. The van der Waals surface area contributed by atoms with Crippen LogP contribution in [0.4, 0.5) is 10.1 Å². The van der Waals surface area contributed by atoms with Crippen molar-refractivity contribution >= 4 is 5.69 Å². The molecule has 0 unspecified atom stereocenters. The molecule has 2 nitrogen and oxygen atoms in total. The van der Waals surface area contributed by atoms with Gasteiger partial charge >= 0.3 is 0 Å². The average molecular weight is 250 g/mol. The van der Waals surface area contributed by atoms with Gasteiger partial charge in [0.15, 0.2) is 0 Å². The van der Waals surface area contributed by atoms with E-state index in [0.29, 0.717) is 0 Å². The zero-order valence-corrected chi connectivity index (χ0v) is 11.6. The minimum atomic E-state index is -0.149. The SMILES string of the molecule is CCC1(CC)CN(c2ccc(F)cc2C)CCN1. The van der Waals surface area contributed by atoms with Gasteiger partial charge in [-0.3, -0.25) is 0 Å². The van der Waals surface area contributed by atoms with Crippen LogP contribution in [0.25, 0.3) is 0 Å². The topological polar surface area (TPSA) is 15.3 Å². The highest BCUT2D eigenvalue weighted by molar-refractivity contribution is 5.54. The molecule has 0 bridgehead atoms. The Bertz CT molecular complexity index is 413. The minimum Gasteiger partial charge on any atom is -0.368 e. The fourth-order valence-corrected chi connectivity index (χ4v) is 2.86. The molecule has 1 N–H and O–H groups in total. The first-order valence-electron chi connectivity index (χ1n) is 6.86. The van der Waals surface area contributed by atoms with Gasteiger partial charge in [0.05, 0.1) is 0 Å². The van der Waals surface area contributed by atoms with Gasteiger partial charge in [-0.15, -0.1) is 0 Å². The number of nitrogens with zero attached hydrogens (tertiary/aromatic N) is 1. The first-order valence-corrected chi connectivity index (χ1v) is 6.86. The Morgan fingerprint density at radius 3 is 2.67 bits per heavy atom. The van der Waals surface area contributed by atoms with Gasteiger partial charge in [0.1, 0.15) is 5.82 Å². The fourth-order valence-electron chi connectivity index (χ4n) is 2.86. The molecule has 0 atom stereocenters. The molecule has 0 aromatic heterocycles. The van der Waals surface area contributed by atoms with E-state index in [1.807, 2.05) is 13.0 Å². The average Bonchev–Trinajstić information content (AvgIpc) is 2.38. The number of hydrogen-bond donors (Lipinski definition) is 1. The van der Waals surface area contributed by atoms with Gasteiger partial charge in [0.25, 0.3) is 0 Å². The Morgan fingerprint density at radius 1 is 1.33 bits per heavy atom. The van der Waals surface area contributed by atoms with Crippen molar-refractivity contribution in [2.45, 2.75) is 39.2 Å². The Balaban J connectivity index is 2.23. The molecule has 1 aliphatic rings. The Kier molecular flexibility index (Phi) is 3.91. The number of rotatable bonds is 3. The van der Waals surface area contributed by atoms with Crippen molar-refractivity contribution in [3.63, 3.8) is 0 Å². The lowest BCUT2D eigenvalue weighted by Crippen LogP contribution is -2.60. The molecule has 100 valence electrons. The molecule has 1 aromatic rings. The molecule has 0 saturated carbocycles. The van der Waals surface area contributed by atoms with Gasteiger partial charge in [0.2, 0.25) is 0 Å². The van der Waals surface area contributed by atoms with Crippen LogP contribution in [0, 0.1) is 12.7 Å². The fraction of sp³-hybridized carbons (Fsp3) is 0.600. The first-order chi connectivity index (χ1) is 8.60. The maximum atomic E-state index is 13.2. The van der Waals surface area contributed by atoms with Crippen molar-refractivity contribution in [1.29, 1.82) is 0 Å². The van der Waals surface area contributed by atoms with E-state index < -0.39 is 0 Å². The van der Waals surface area contributed by atoms with E-state index in [4.69, 9.17) is 0 Å². The van der Waals surface area contributed by atoms with Gasteiger partial charge < -0.3 is 10.2 Å². The molecule has 3 heteroatoms. The minimum absolute atomic E-state index is 0.149. The molecule has 0 radical (unpaired) electrons. The molecule has 1 fully saturated rings. The third-order valence-electron chi connectivity index (χ3n) is 4.23. The number of nitrogens with one attached hydrogen (secondary N) is 1. The molecule has 0 amide bonds. The number of halogens is 1. The maximum absolute atomic E-state index is 13.2. The molecular formula is C15H23FN2. The summed E-state index contributed by atoms with van der Waals surface area (Å²) >= 11 is 0. The predicted octanol–water partition coefficient (Wildman–Crippen LogP) is 3.10. The summed E-state index contributed by atoms with van der Waals surface area (Å²) in [5, 5.41) is 3.65. The number of anilines is 1. The quantitative estimate of drug-likeness (QED) is 0.886. The number of hydrogen-bond acceptors (Lipinski definition) is 2. The third kappa shape index (κ3) is 2.51. The van der Waals surface area contributed by atoms with Crippen LogP contribution < -0.4 is 10.2 Å². The second kappa shape index (κ2) is 5.27. The normalized spacial score (nSPS) is 19.0. The van der Waals surface area contributed by atoms with Gasteiger partial charge in [-0.2, -0.15) is 0 Å². The van der Waals surface area contributed by atoms with Crippen LogP contribution in [0.5, 0.6) is 0 Å². The van der Waals surface area contributed by atoms with Gasteiger partial charge in [-0.25, -0.2) is 4.39 Å². The maximum Gasteiger partial charge on any atom is 0.123 e. The van der Waals surface area contributed by atoms with E-state index in [-0.39, 0.29) is 11.4 Å². The van der Waals surface area contributed by atoms with Crippen molar-refractivity contribution in [1.82, 2.24) is 5.32 Å². The Labute approximate surface area is 109 Å². The molecule has 1 aliphatic heterocycles. The van der Waals surface area contributed by atoms with Crippen molar-refractivity contribution in [3.05, 3.63) is 29.6 Å². The zero-order valence-electron chi connectivity index (χ0n) is 11.6. The van der Waals surface area contributed by atoms with E-state index in [1.54, 1.807) is 12.1 Å². The van der Waals surface area contributed by atoms with E-state index in [9.17, 15) is 4.39 Å². The zero-order chi connectivity index (χ0) is 13.2. The molecule has 18 heavy (non-hydrogen) atoms. The highest BCUT2D eigenvalue weighted by atomic mass is 19.1. The van der Waals surface area contributed by atoms with Crippen molar-refractivity contribution in [2.24, 2.45) is 0 Å². The number of piperazine rings is 1. The monoisotopic (exact) mass is 250 g/mol. The summed E-state index contributed by atoms with van der Waals surface area (Å²) in [6, 6.07) is 5.09. The standard InChI is InChI=1S/C15H23FN2/c1-4-15(5-2)11-18(9-8-17-15)14-7-6-13(16)10-12(14)3/h6-7,10,17H,4-5,8-9,11H2,1-3H3. The van der Waals surface area contributed by atoms with Crippen LogP contribution in [0.3, 0.4) is 0 Å². The highest BCUT2D eigenvalue weighted by Gasteiger charge is 2.32. The van der Waals surface area contributed by atoms with Gasteiger partial charge in [-0.05, 0) is 43.5 Å². The molecule has 1 heterocycles. The summed E-state index contributed by atoms with van der Waals surface area (Å²) in [5.74, 6) is -0.149. The van der Waals surface area contributed by atoms with Crippen LogP contribution in [-0.4, -0.2) is 25.2 Å². The van der Waals surface area contributed by atoms with Gasteiger partial charge in [0, 0.05) is 30.9 Å². The van der Waals surface area contributed by atoms with Crippen LogP contribution in [-0.2, 0) is 0 Å². The summed E-state index contributed by atoms with van der Waals surface area (Å²) in [7, 11) is 0. The van der Waals surface area contributed by atoms with E-state index >= 15 is 0 Å².